The van der Waals surface area contributed by atoms with Crippen molar-refractivity contribution in [1.82, 2.24) is 4.90 Å². The molecule has 114 valence electrons. The molecule has 0 N–H and O–H groups in total. The number of carbonyl (C=O) groups is 1. The Morgan fingerprint density at radius 3 is 2.76 bits per heavy atom. The Morgan fingerprint density at radius 1 is 1.38 bits per heavy atom. The maximum Gasteiger partial charge on any atom is 0.264 e. The van der Waals surface area contributed by atoms with Crippen LogP contribution in [0.25, 0.3) is 0 Å². The van der Waals surface area contributed by atoms with Crippen molar-refractivity contribution in [3.63, 3.8) is 0 Å². The van der Waals surface area contributed by atoms with E-state index in [0.29, 0.717) is 19.4 Å². The first-order valence-corrected chi connectivity index (χ1v) is 9.08. The van der Waals surface area contributed by atoms with Gasteiger partial charge in [-0.3, -0.25) is 4.79 Å². The summed E-state index contributed by atoms with van der Waals surface area (Å²) in [6.45, 7) is 2.39. The summed E-state index contributed by atoms with van der Waals surface area (Å²) in [6, 6.07) is 7.42. The van der Waals surface area contributed by atoms with Crippen LogP contribution in [0.4, 0.5) is 0 Å². The molecule has 2 unspecified atom stereocenters. The SMILES string of the molecule is CCN(C(=O)C1Cc2ccccc2O1)C1CCS(=O)(=O)C1. The Morgan fingerprint density at radius 2 is 2.14 bits per heavy atom. The fourth-order valence-electron chi connectivity index (χ4n) is 3.12. The lowest BCUT2D eigenvalue weighted by Crippen LogP contribution is -2.47. The van der Waals surface area contributed by atoms with Crippen LogP contribution in [0.15, 0.2) is 24.3 Å². The van der Waals surface area contributed by atoms with Gasteiger partial charge < -0.3 is 9.64 Å². The fourth-order valence-corrected chi connectivity index (χ4v) is 4.85. The Labute approximate surface area is 124 Å². The van der Waals surface area contributed by atoms with Gasteiger partial charge in [-0.2, -0.15) is 0 Å². The van der Waals surface area contributed by atoms with Gasteiger partial charge in [-0.15, -0.1) is 0 Å². The third-order valence-electron chi connectivity index (χ3n) is 4.20. The molecule has 21 heavy (non-hydrogen) atoms. The standard InChI is InChI=1S/C15H19NO4S/c1-2-16(12-7-8-21(18,19)10-12)15(17)14-9-11-5-3-4-6-13(11)20-14/h3-6,12,14H,2,7-10H2,1H3. The molecule has 0 aliphatic carbocycles. The summed E-state index contributed by atoms with van der Waals surface area (Å²) >= 11 is 0. The molecular weight excluding hydrogens is 290 g/mol. The molecule has 1 saturated heterocycles. The number of likely N-dealkylation sites (N-methyl/N-ethyl adjacent to an activating group) is 1. The van der Waals surface area contributed by atoms with Crippen LogP contribution in [0, 0.1) is 0 Å². The Hall–Kier alpha value is -1.56. The van der Waals surface area contributed by atoms with E-state index >= 15 is 0 Å². The Balaban J connectivity index is 1.73. The maximum atomic E-state index is 12.6. The highest BCUT2D eigenvalue weighted by molar-refractivity contribution is 7.91. The van der Waals surface area contributed by atoms with Gasteiger partial charge in [0, 0.05) is 19.0 Å². The highest BCUT2D eigenvalue weighted by Crippen LogP contribution is 2.30. The highest BCUT2D eigenvalue weighted by Gasteiger charge is 2.38. The molecule has 2 heterocycles. The number of para-hydroxylation sites is 1. The normalized spacial score (nSPS) is 26.1. The van der Waals surface area contributed by atoms with Crippen molar-refractivity contribution >= 4 is 15.7 Å². The van der Waals surface area contributed by atoms with Crippen molar-refractivity contribution < 1.29 is 17.9 Å². The van der Waals surface area contributed by atoms with Gasteiger partial charge in [-0.25, -0.2) is 8.42 Å². The first-order chi connectivity index (χ1) is 10.00. The smallest absolute Gasteiger partial charge is 0.264 e. The topological polar surface area (TPSA) is 63.7 Å². The molecule has 1 aromatic rings. The Kier molecular flexibility index (Phi) is 3.65. The third-order valence-corrected chi connectivity index (χ3v) is 5.95. The van der Waals surface area contributed by atoms with Crippen molar-refractivity contribution in [3.05, 3.63) is 29.8 Å². The molecular formula is C15H19NO4S. The second-order valence-electron chi connectivity index (χ2n) is 5.60. The van der Waals surface area contributed by atoms with Crippen molar-refractivity contribution in [1.29, 1.82) is 0 Å². The van der Waals surface area contributed by atoms with E-state index in [1.165, 1.54) is 0 Å². The van der Waals surface area contributed by atoms with E-state index in [4.69, 9.17) is 4.74 Å². The summed E-state index contributed by atoms with van der Waals surface area (Å²) < 4.78 is 29.0. The van der Waals surface area contributed by atoms with Gasteiger partial charge in [0.05, 0.1) is 11.5 Å². The molecule has 0 radical (unpaired) electrons. The summed E-state index contributed by atoms with van der Waals surface area (Å²) in [7, 11) is -3.00. The molecule has 2 aliphatic rings. The van der Waals surface area contributed by atoms with Crippen molar-refractivity contribution in [2.75, 3.05) is 18.1 Å². The van der Waals surface area contributed by atoms with Gasteiger partial charge in [0.15, 0.2) is 15.9 Å². The minimum atomic E-state index is -3.00. The van der Waals surface area contributed by atoms with Crippen LogP contribution in [0.5, 0.6) is 5.75 Å². The first kappa shape index (κ1) is 14.4. The monoisotopic (exact) mass is 309 g/mol. The molecule has 6 heteroatoms. The van der Waals surface area contributed by atoms with Gasteiger partial charge in [0.2, 0.25) is 0 Å². The molecule has 0 spiro atoms. The van der Waals surface area contributed by atoms with Crippen LogP contribution in [0.1, 0.15) is 18.9 Å². The van der Waals surface area contributed by atoms with Crippen LogP contribution in [0.2, 0.25) is 0 Å². The lowest BCUT2D eigenvalue weighted by Gasteiger charge is -2.29. The maximum absolute atomic E-state index is 12.6. The van der Waals surface area contributed by atoms with E-state index < -0.39 is 15.9 Å². The predicted molar refractivity (Wildman–Crippen MR) is 79.0 cm³/mol. The van der Waals surface area contributed by atoms with Crippen LogP contribution < -0.4 is 4.74 Å². The van der Waals surface area contributed by atoms with Crippen LogP contribution in [-0.4, -0.2) is 49.4 Å². The number of benzene rings is 1. The number of fused-ring (bicyclic) bond motifs is 1. The van der Waals surface area contributed by atoms with Crippen LogP contribution >= 0.6 is 0 Å². The second-order valence-corrected chi connectivity index (χ2v) is 7.83. The quantitative estimate of drug-likeness (QED) is 0.836. The average Bonchev–Trinajstić information content (AvgIpc) is 3.02. The molecule has 1 aromatic carbocycles. The van der Waals surface area contributed by atoms with Gasteiger partial charge >= 0.3 is 0 Å². The number of nitrogens with zero attached hydrogens (tertiary/aromatic N) is 1. The van der Waals surface area contributed by atoms with Gasteiger partial charge in [0.25, 0.3) is 5.91 Å². The van der Waals surface area contributed by atoms with E-state index in [1.807, 2.05) is 31.2 Å². The predicted octanol–water partition coefficient (Wildman–Crippen LogP) is 1.03. The van der Waals surface area contributed by atoms with Gasteiger partial charge in [-0.05, 0) is 25.0 Å². The summed E-state index contributed by atoms with van der Waals surface area (Å²) in [5, 5.41) is 0. The molecule has 2 atom stereocenters. The highest BCUT2D eigenvalue weighted by atomic mass is 32.2. The zero-order valence-electron chi connectivity index (χ0n) is 12.0. The Bertz CT molecular complexity index is 630. The molecule has 0 bridgehead atoms. The molecule has 0 aromatic heterocycles. The number of rotatable bonds is 3. The van der Waals surface area contributed by atoms with E-state index in [0.717, 1.165) is 11.3 Å². The lowest BCUT2D eigenvalue weighted by molar-refractivity contribution is -0.139. The van der Waals surface area contributed by atoms with E-state index in [-0.39, 0.29) is 23.5 Å². The fraction of sp³-hybridized carbons (Fsp3) is 0.533. The van der Waals surface area contributed by atoms with Crippen molar-refractivity contribution in [2.45, 2.75) is 31.9 Å². The third kappa shape index (κ3) is 2.77. The number of ether oxygens (including phenoxy) is 1. The number of carbonyl (C=O) groups excluding carboxylic acids is 1. The lowest BCUT2D eigenvalue weighted by atomic mass is 10.1. The number of amides is 1. The summed E-state index contributed by atoms with van der Waals surface area (Å²) in [5.74, 6) is 0.904. The minimum Gasteiger partial charge on any atom is -0.480 e. The zero-order valence-corrected chi connectivity index (χ0v) is 12.8. The number of sulfone groups is 1. The number of hydrogen-bond donors (Lipinski definition) is 0. The van der Waals surface area contributed by atoms with Crippen LogP contribution in [0.3, 0.4) is 0 Å². The first-order valence-electron chi connectivity index (χ1n) is 7.25. The molecule has 3 rings (SSSR count). The van der Waals surface area contributed by atoms with Crippen molar-refractivity contribution in [3.8, 4) is 5.75 Å². The average molecular weight is 309 g/mol. The van der Waals surface area contributed by atoms with E-state index in [9.17, 15) is 13.2 Å². The summed E-state index contributed by atoms with van der Waals surface area (Å²) in [6.07, 6.45) is 0.567. The minimum absolute atomic E-state index is 0.0756. The van der Waals surface area contributed by atoms with Crippen molar-refractivity contribution in [2.24, 2.45) is 0 Å². The molecule has 0 saturated carbocycles. The van der Waals surface area contributed by atoms with E-state index in [2.05, 4.69) is 0 Å². The van der Waals surface area contributed by atoms with Crippen LogP contribution in [-0.2, 0) is 21.1 Å². The molecule has 1 fully saturated rings. The molecule has 2 aliphatic heterocycles. The summed E-state index contributed by atoms with van der Waals surface area (Å²) in [4.78, 5) is 14.3. The largest absolute Gasteiger partial charge is 0.480 e. The van der Waals surface area contributed by atoms with E-state index in [1.54, 1.807) is 4.90 Å². The molecule has 5 nitrogen and oxygen atoms in total. The molecule has 1 amide bonds. The van der Waals surface area contributed by atoms with Gasteiger partial charge in [0.1, 0.15) is 5.75 Å². The zero-order chi connectivity index (χ0) is 15.0. The number of hydrogen-bond acceptors (Lipinski definition) is 4. The summed E-state index contributed by atoms with van der Waals surface area (Å²) in [5.41, 5.74) is 1.03. The second kappa shape index (κ2) is 5.33. The van der Waals surface area contributed by atoms with Gasteiger partial charge in [-0.1, -0.05) is 18.2 Å².